The van der Waals surface area contributed by atoms with Crippen LogP contribution in [-0.2, 0) is 0 Å². The Kier molecular flexibility index (Phi) is 2.01. The molecule has 0 radical (unpaired) electrons. The zero-order valence-corrected chi connectivity index (χ0v) is 7.78. The van der Waals surface area contributed by atoms with Gasteiger partial charge in [-0.25, -0.2) is 0 Å². The molecule has 4 N–H and O–H groups in total. The van der Waals surface area contributed by atoms with Gasteiger partial charge in [-0.2, -0.15) is 4.98 Å². The first-order valence-electron chi connectivity index (χ1n) is 3.83. The highest BCUT2D eigenvalue weighted by Crippen LogP contribution is 2.27. The third kappa shape index (κ3) is 1.49. The molecule has 0 unspecified atom stereocenters. The van der Waals surface area contributed by atoms with Gasteiger partial charge >= 0.3 is 0 Å². The van der Waals surface area contributed by atoms with Crippen LogP contribution >= 0.6 is 11.6 Å². The Hall–Kier alpha value is -1.75. The molecule has 0 aliphatic carbocycles. The molecule has 0 saturated carbocycles. The number of halogens is 1. The van der Waals surface area contributed by atoms with Crippen LogP contribution in [0.15, 0.2) is 18.2 Å². The van der Waals surface area contributed by atoms with Gasteiger partial charge in [-0.3, -0.25) is 5.10 Å². The summed E-state index contributed by atoms with van der Waals surface area (Å²) in [5.41, 5.74) is 6.07. The van der Waals surface area contributed by atoms with Crippen molar-refractivity contribution in [1.29, 1.82) is 0 Å². The molecule has 0 spiro atoms. The minimum Gasteiger partial charge on any atom is -0.506 e. The Bertz CT molecular complexity index is 468. The van der Waals surface area contributed by atoms with Crippen LogP contribution in [0.1, 0.15) is 0 Å². The Morgan fingerprint density at radius 3 is 2.79 bits per heavy atom. The van der Waals surface area contributed by atoms with E-state index in [0.717, 1.165) is 5.56 Å². The molecule has 0 aliphatic rings. The van der Waals surface area contributed by atoms with Crippen molar-refractivity contribution in [2.45, 2.75) is 0 Å². The molecule has 6 heteroatoms. The number of rotatable bonds is 1. The average molecular weight is 211 g/mol. The third-order valence-electron chi connectivity index (χ3n) is 1.72. The number of aromatic hydroxyl groups is 1. The number of aromatic nitrogens is 3. The van der Waals surface area contributed by atoms with Gasteiger partial charge in [0.05, 0.1) is 5.02 Å². The van der Waals surface area contributed by atoms with Crippen molar-refractivity contribution in [3.05, 3.63) is 23.2 Å². The van der Waals surface area contributed by atoms with Crippen LogP contribution in [0.5, 0.6) is 5.75 Å². The largest absolute Gasteiger partial charge is 0.506 e. The lowest BCUT2D eigenvalue weighted by molar-refractivity contribution is 0.475. The van der Waals surface area contributed by atoms with E-state index in [2.05, 4.69) is 15.2 Å². The summed E-state index contributed by atoms with van der Waals surface area (Å²) in [4.78, 5) is 3.92. The zero-order valence-electron chi connectivity index (χ0n) is 7.03. The van der Waals surface area contributed by atoms with E-state index >= 15 is 0 Å². The summed E-state index contributed by atoms with van der Waals surface area (Å²) in [7, 11) is 0. The fourth-order valence-electron chi connectivity index (χ4n) is 1.06. The molecular weight excluding hydrogens is 204 g/mol. The number of hydrogen-bond donors (Lipinski definition) is 3. The van der Waals surface area contributed by atoms with Crippen LogP contribution in [0.2, 0.25) is 5.02 Å². The molecule has 72 valence electrons. The fourth-order valence-corrected chi connectivity index (χ4v) is 1.24. The Morgan fingerprint density at radius 2 is 2.21 bits per heavy atom. The number of phenols is 1. The highest BCUT2D eigenvalue weighted by atomic mass is 35.5. The number of nitrogens with one attached hydrogen (secondary N) is 1. The lowest BCUT2D eigenvalue weighted by Crippen LogP contribution is -1.85. The van der Waals surface area contributed by atoms with Crippen LogP contribution in [0.3, 0.4) is 0 Å². The molecule has 1 heterocycles. The number of benzene rings is 1. The van der Waals surface area contributed by atoms with Crippen LogP contribution < -0.4 is 5.73 Å². The number of nitrogen functional groups attached to an aromatic ring is 1. The number of nitrogens with two attached hydrogens (primary N) is 1. The molecule has 0 atom stereocenters. The van der Waals surface area contributed by atoms with Crippen molar-refractivity contribution in [2.75, 3.05) is 5.73 Å². The Balaban J connectivity index is 2.47. The van der Waals surface area contributed by atoms with Crippen molar-refractivity contribution in [2.24, 2.45) is 0 Å². The van der Waals surface area contributed by atoms with Crippen molar-refractivity contribution >= 4 is 17.5 Å². The molecule has 1 aromatic heterocycles. The van der Waals surface area contributed by atoms with E-state index in [1.54, 1.807) is 12.1 Å². The first-order valence-corrected chi connectivity index (χ1v) is 4.21. The second kappa shape index (κ2) is 3.19. The summed E-state index contributed by atoms with van der Waals surface area (Å²) in [5, 5.41) is 15.8. The van der Waals surface area contributed by atoms with Crippen LogP contribution in [0.25, 0.3) is 11.4 Å². The summed E-state index contributed by atoms with van der Waals surface area (Å²) < 4.78 is 0. The van der Waals surface area contributed by atoms with E-state index in [0.29, 0.717) is 5.82 Å². The molecule has 0 saturated heterocycles. The van der Waals surface area contributed by atoms with Crippen molar-refractivity contribution in [3.8, 4) is 17.1 Å². The summed E-state index contributed by atoms with van der Waals surface area (Å²) in [5.74, 6) is 0.719. The average Bonchev–Trinajstić information content (AvgIpc) is 2.57. The molecule has 1 aromatic carbocycles. The number of hydrogen-bond acceptors (Lipinski definition) is 4. The smallest absolute Gasteiger partial charge is 0.239 e. The molecule has 0 fully saturated rings. The highest BCUT2D eigenvalue weighted by molar-refractivity contribution is 6.32. The number of nitrogens with zero attached hydrogens (tertiary/aromatic N) is 2. The van der Waals surface area contributed by atoms with Gasteiger partial charge in [0.15, 0.2) is 5.82 Å². The quantitative estimate of drug-likeness (QED) is 0.664. The molecule has 2 aromatic rings. The molecule has 5 nitrogen and oxygen atoms in total. The van der Waals surface area contributed by atoms with E-state index in [1.807, 2.05) is 0 Å². The first-order chi connectivity index (χ1) is 6.66. The van der Waals surface area contributed by atoms with Crippen molar-refractivity contribution in [1.82, 2.24) is 15.2 Å². The molecule has 0 aliphatic heterocycles. The second-order valence-electron chi connectivity index (χ2n) is 2.71. The minimum atomic E-state index is 0.0305. The highest BCUT2D eigenvalue weighted by Gasteiger charge is 2.05. The normalized spacial score (nSPS) is 10.4. The van der Waals surface area contributed by atoms with E-state index in [1.165, 1.54) is 6.07 Å². The van der Waals surface area contributed by atoms with E-state index < -0.39 is 0 Å². The van der Waals surface area contributed by atoms with Gasteiger partial charge in [0.2, 0.25) is 5.95 Å². The van der Waals surface area contributed by atoms with Gasteiger partial charge in [-0.05, 0) is 18.2 Å². The molecular formula is C8H7ClN4O. The van der Waals surface area contributed by atoms with Crippen molar-refractivity contribution in [3.63, 3.8) is 0 Å². The van der Waals surface area contributed by atoms with Gasteiger partial charge in [0, 0.05) is 5.56 Å². The topological polar surface area (TPSA) is 87.8 Å². The zero-order chi connectivity index (χ0) is 10.1. The second-order valence-corrected chi connectivity index (χ2v) is 3.12. The maximum atomic E-state index is 9.19. The van der Waals surface area contributed by atoms with Gasteiger partial charge in [-0.1, -0.05) is 11.6 Å². The van der Waals surface area contributed by atoms with Gasteiger partial charge in [0.1, 0.15) is 5.75 Å². The van der Waals surface area contributed by atoms with E-state index in [4.69, 9.17) is 17.3 Å². The number of aromatic amines is 1. The van der Waals surface area contributed by atoms with Crippen LogP contribution in [0.4, 0.5) is 5.95 Å². The standard InChI is InChI=1S/C8H7ClN4O/c9-5-3-4(1-2-6(5)14)7-11-8(10)13-12-7/h1-3,14H,(H3,10,11,12,13). The summed E-state index contributed by atoms with van der Waals surface area (Å²) >= 11 is 5.73. The monoisotopic (exact) mass is 210 g/mol. The predicted octanol–water partition coefficient (Wildman–Crippen LogP) is 1.41. The number of phenolic OH excluding ortho intramolecular Hbond substituents is 1. The SMILES string of the molecule is Nc1n[nH]c(-c2ccc(O)c(Cl)c2)n1. The third-order valence-corrected chi connectivity index (χ3v) is 2.03. The predicted molar refractivity (Wildman–Crippen MR) is 52.9 cm³/mol. The number of anilines is 1. The summed E-state index contributed by atoms with van der Waals surface area (Å²) in [6, 6.07) is 4.73. The first kappa shape index (κ1) is 8.83. The molecule has 14 heavy (non-hydrogen) atoms. The lowest BCUT2D eigenvalue weighted by Gasteiger charge is -1.98. The minimum absolute atomic E-state index is 0.0305. The maximum absolute atomic E-state index is 9.19. The van der Waals surface area contributed by atoms with Gasteiger partial charge in [-0.15, -0.1) is 5.10 Å². The number of H-pyrrole nitrogens is 1. The Labute approximate surface area is 84.5 Å². The summed E-state index contributed by atoms with van der Waals surface area (Å²) in [6.45, 7) is 0. The van der Waals surface area contributed by atoms with Gasteiger partial charge in [0.25, 0.3) is 0 Å². The lowest BCUT2D eigenvalue weighted by atomic mass is 10.2. The van der Waals surface area contributed by atoms with E-state index in [-0.39, 0.29) is 16.7 Å². The van der Waals surface area contributed by atoms with Crippen LogP contribution in [0, 0.1) is 0 Å². The molecule has 0 amide bonds. The maximum Gasteiger partial charge on any atom is 0.239 e. The fraction of sp³-hybridized carbons (Fsp3) is 0. The molecule has 2 rings (SSSR count). The van der Waals surface area contributed by atoms with E-state index in [9.17, 15) is 5.11 Å². The summed E-state index contributed by atoms with van der Waals surface area (Å²) in [6.07, 6.45) is 0. The Morgan fingerprint density at radius 1 is 1.43 bits per heavy atom. The van der Waals surface area contributed by atoms with Crippen LogP contribution in [-0.4, -0.2) is 20.3 Å². The molecule has 0 bridgehead atoms. The van der Waals surface area contributed by atoms with Gasteiger partial charge < -0.3 is 10.8 Å². The van der Waals surface area contributed by atoms with Crippen molar-refractivity contribution < 1.29 is 5.11 Å².